The second kappa shape index (κ2) is 7.24. The van der Waals surface area contributed by atoms with Gasteiger partial charge in [0.15, 0.2) is 0 Å². The van der Waals surface area contributed by atoms with Crippen LogP contribution in [0.15, 0.2) is 24.3 Å². The van der Waals surface area contributed by atoms with Crippen molar-refractivity contribution in [2.24, 2.45) is 0 Å². The molecule has 1 aliphatic heterocycles. The first-order valence-electron chi connectivity index (χ1n) is 6.89. The zero-order chi connectivity index (χ0) is 12.6. The van der Waals surface area contributed by atoms with E-state index in [2.05, 4.69) is 5.32 Å². The average molecular weight is 252 g/mol. The van der Waals surface area contributed by atoms with E-state index in [1.807, 2.05) is 31.2 Å². The number of nitrogens with two attached hydrogens (primary N) is 1. The zero-order valence-electron chi connectivity index (χ0n) is 11.2. The highest BCUT2D eigenvalue weighted by Gasteiger charge is 2.14. The second-order valence-electron chi connectivity index (χ2n) is 4.62. The number of benzene rings is 1. The highest BCUT2D eigenvalue weighted by molar-refractivity contribution is 5.31. The number of hydrogen-bond acceptors (Lipinski definition) is 2. The number of hydrogen-bond donors (Lipinski definition) is 2. The Morgan fingerprint density at radius 3 is 2.28 bits per heavy atom. The molecule has 3 N–H and O–H groups in total. The Kier molecular flexibility index (Phi) is 5.30. The van der Waals surface area contributed by atoms with Gasteiger partial charge in [0.1, 0.15) is 50.8 Å². The van der Waals surface area contributed by atoms with E-state index in [1.165, 1.54) is 26.2 Å². The Balaban J connectivity index is 1.69. The standard InChI is InChI=1S/C14H22N2O2/c1-2-17-13-3-5-14(6-4-13)18-12-11-16-9-7-15-8-10-16/h3-6,15H,2,7-12H2,1H3/p+2. The molecule has 0 saturated carbocycles. The number of quaternary nitrogens is 2. The maximum absolute atomic E-state index is 5.76. The van der Waals surface area contributed by atoms with Gasteiger partial charge in [-0.05, 0) is 31.2 Å². The normalized spacial score (nSPS) is 16.5. The fourth-order valence-electron chi connectivity index (χ4n) is 2.24. The summed E-state index contributed by atoms with van der Waals surface area (Å²) in [4.78, 5) is 1.66. The van der Waals surface area contributed by atoms with Crippen molar-refractivity contribution in [3.63, 3.8) is 0 Å². The molecule has 0 atom stereocenters. The maximum atomic E-state index is 5.76. The third-order valence-electron chi connectivity index (χ3n) is 3.26. The summed E-state index contributed by atoms with van der Waals surface area (Å²) in [5.74, 6) is 1.84. The average Bonchev–Trinajstić information content (AvgIpc) is 2.42. The largest absolute Gasteiger partial charge is 0.494 e. The molecule has 1 heterocycles. The third kappa shape index (κ3) is 4.20. The lowest BCUT2D eigenvalue weighted by Crippen LogP contribution is -3.20. The molecule has 1 aromatic carbocycles. The number of ether oxygens (including phenoxy) is 2. The van der Waals surface area contributed by atoms with Crippen LogP contribution in [0, 0.1) is 0 Å². The Hall–Kier alpha value is -1.26. The molecule has 1 aromatic rings. The van der Waals surface area contributed by atoms with Crippen molar-refractivity contribution in [3.8, 4) is 11.5 Å². The van der Waals surface area contributed by atoms with Crippen molar-refractivity contribution in [2.45, 2.75) is 6.92 Å². The molecule has 18 heavy (non-hydrogen) atoms. The van der Waals surface area contributed by atoms with Gasteiger partial charge in [0, 0.05) is 0 Å². The van der Waals surface area contributed by atoms with E-state index >= 15 is 0 Å². The molecule has 0 aliphatic carbocycles. The van der Waals surface area contributed by atoms with Crippen LogP contribution in [-0.2, 0) is 0 Å². The lowest BCUT2D eigenvalue weighted by atomic mass is 10.3. The molecule has 100 valence electrons. The fourth-order valence-corrected chi connectivity index (χ4v) is 2.24. The van der Waals surface area contributed by atoms with E-state index in [0.29, 0.717) is 6.61 Å². The van der Waals surface area contributed by atoms with Crippen LogP contribution in [0.3, 0.4) is 0 Å². The maximum Gasteiger partial charge on any atom is 0.137 e. The van der Waals surface area contributed by atoms with E-state index in [0.717, 1.165) is 24.7 Å². The molecule has 0 aromatic heterocycles. The molecular weight excluding hydrogens is 228 g/mol. The van der Waals surface area contributed by atoms with Gasteiger partial charge in [0.25, 0.3) is 0 Å². The fraction of sp³-hybridized carbons (Fsp3) is 0.571. The quantitative estimate of drug-likeness (QED) is 0.676. The minimum atomic E-state index is 0.704. The van der Waals surface area contributed by atoms with Gasteiger partial charge in [-0.15, -0.1) is 0 Å². The molecule has 4 heteroatoms. The molecule has 1 fully saturated rings. The number of rotatable bonds is 6. The minimum absolute atomic E-state index is 0.704. The lowest BCUT2D eigenvalue weighted by molar-refractivity contribution is -0.946. The number of piperazine rings is 1. The molecule has 1 saturated heterocycles. The molecular formula is C14H24N2O2+2. The van der Waals surface area contributed by atoms with E-state index in [-0.39, 0.29) is 0 Å². The van der Waals surface area contributed by atoms with Crippen molar-refractivity contribution in [3.05, 3.63) is 24.3 Å². The van der Waals surface area contributed by atoms with Gasteiger partial charge in [-0.25, -0.2) is 0 Å². The van der Waals surface area contributed by atoms with Crippen molar-refractivity contribution in [1.29, 1.82) is 0 Å². The molecule has 0 unspecified atom stereocenters. The highest BCUT2D eigenvalue weighted by Crippen LogP contribution is 2.17. The van der Waals surface area contributed by atoms with Crippen LogP contribution in [-0.4, -0.2) is 45.9 Å². The summed E-state index contributed by atoms with van der Waals surface area (Å²) < 4.78 is 11.2. The van der Waals surface area contributed by atoms with E-state index in [1.54, 1.807) is 4.90 Å². The van der Waals surface area contributed by atoms with Crippen LogP contribution >= 0.6 is 0 Å². The summed E-state index contributed by atoms with van der Waals surface area (Å²) in [6.45, 7) is 9.60. The summed E-state index contributed by atoms with van der Waals surface area (Å²) >= 11 is 0. The number of nitrogens with one attached hydrogen (secondary N) is 1. The van der Waals surface area contributed by atoms with E-state index in [9.17, 15) is 0 Å². The van der Waals surface area contributed by atoms with Crippen LogP contribution < -0.4 is 19.7 Å². The molecule has 4 nitrogen and oxygen atoms in total. The topological polar surface area (TPSA) is 39.5 Å². The lowest BCUT2D eigenvalue weighted by Gasteiger charge is -2.22. The van der Waals surface area contributed by atoms with E-state index in [4.69, 9.17) is 9.47 Å². The van der Waals surface area contributed by atoms with Gasteiger partial charge in [0.2, 0.25) is 0 Å². The van der Waals surface area contributed by atoms with Gasteiger partial charge in [-0.1, -0.05) is 0 Å². The molecule has 0 amide bonds. The van der Waals surface area contributed by atoms with E-state index < -0.39 is 0 Å². The Morgan fingerprint density at radius 1 is 1.06 bits per heavy atom. The monoisotopic (exact) mass is 252 g/mol. The molecule has 2 rings (SSSR count). The molecule has 1 aliphatic rings. The third-order valence-corrected chi connectivity index (χ3v) is 3.26. The summed E-state index contributed by atoms with van der Waals surface area (Å²) in [5.41, 5.74) is 0. The molecule has 0 spiro atoms. The SMILES string of the molecule is CCOc1ccc(OCC[NH+]2CC[NH2+]CC2)cc1. The first-order valence-corrected chi connectivity index (χ1v) is 6.89. The van der Waals surface area contributed by atoms with Crippen LogP contribution in [0.1, 0.15) is 6.92 Å². The van der Waals surface area contributed by atoms with Crippen molar-refractivity contribution in [2.75, 3.05) is 45.9 Å². The van der Waals surface area contributed by atoms with Crippen LogP contribution in [0.2, 0.25) is 0 Å². The van der Waals surface area contributed by atoms with Crippen LogP contribution in [0.25, 0.3) is 0 Å². The van der Waals surface area contributed by atoms with Crippen molar-refractivity contribution >= 4 is 0 Å². The first kappa shape index (κ1) is 13.2. The summed E-state index contributed by atoms with van der Waals surface area (Å²) in [6.07, 6.45) is 0. The van der Waals surface area contributed by atoms with Crippen molar-refractivity contribution < 1.29 is 19.7 Å². The Morgan fingerprint density at radius 2 is 1.67 bits per heavy atom. The molecule has 0 radical (unpaired) electrons. The first-order chi connectivity index (χ1) is 8.88. The minimum Gasteiger partial charge on any atom is -0.494 e. The molecule has 0 bridgehead atoms. The Bertz CT molecular complexity index is 334. The van der Waals surface area contributed by atoms with Crippen LogP contribution in [0.5, 0.6) is 11.5 Å². The highest BCUT2D eigenvalue weighted by atomic mass is 16.5. The second-order valence-corrected chi connectivity index (χ2v) is 4.62. The van der Waals surface area contributed by atoms with Crippen molar-refractivity contribution in [1.82, 2.24) is 0 Å². The smallest absolute Gasteiger partial charge is 0.137 e. The zero-order valence-corrected chi connectivity index (χ0v) is 11.2. The van der Waals surface area contributed by atoms with Gasteiger partial charge >= 0.3 is 0 Å². The van der Waals surface area contributed by atoms with Crippen LogP contribution in [0.4, 0.5) is 0 Å². The summed E-state index contributed by atoms with van der Waals surface area (Å²) in [7, 11) is 0. The van der Waals surface area contributed by atoms with Gasteiger partial charge in [-0.3, -0.25) is 0 Å². The van der Waals surface area contributed by atoms with Gasteiger partial charge < -0.3 is 19.7 Å². The predicted molar refractivity (Wildman–Crippen MR) is 70.3 cm³/mol. The summed E-state index contributed by atoms with van der Waals surface area (Å²) in [5, 5.41) is 2.39. The Labute approximate surface area is 109 Å². The summed E-state index contributed by atoms with van der Waals surface area (Å²) in [6, 6.07) is 7.87. The van der Waals surface area contributed by atoms with Gasteiger partial charge in [-0.2, -0.15) is 0 Å². The predicted octanol–water partition coefficient (Wildman–Crippen LogP) is -1.07. The van der Waals surface area contributed by atoms with Gasteiger partial charge in [0.05, 0.1) is 6.61 Å².